The highest BCUT2D eigenvalue weighted by molar-refractivity contribution is 5.84. The Hall–Kier alpha value is -1.06. The van der Waals surface area contributed by atoms with Crippen molar-refractivity contribution in [3.63, 3.8) is 0 Å². The zero-order valence-corrected chi connectivity index (χ0v) is 7.18. The third-order valence-electron chi connectivity index (χ3n) is 1.26. The van der Waals surface area contributed by atoms with Crippen LogP contribution in [0.15, 0.2) is 0 Å². The predicted molar refractivity (Wildman–Crippen MR) is 42.0 cm³/mol. The van der Waals surface area contributed by atoms with Gasteiger partial charge in [-0.25, -0.2) is 0 Å². The highest BCUT2D eigenvalue weighted by atomic mass is 16.2. The van der Waals surface area contributed by atoms with E-state index < -0.39 is 0 Å². The van der Waals surface area contributed by atoms with Gasteiger partial charge < -0.3 is 10.2 Å². The normalized spacial score (nSPS) is 9.00. The summed E-state index contributed by atoms with van der Waals surface area (Å²) < 4.78 is 0. The Labute approximate surface area is 66.6 Å². The molecule has 0 saturated carbocycles. The molecule has 0 unspecified atom stereocenters. The van der Waals surface area contributed by atoms with E-state index in [4.69, 9.17) is 0 Å². The molecule has 64 valence electrons. The van der Waals surface area contributed by atoms with Crippen LogP contribution >= 0.6 is 0 Å². The maximum absolute atomic E-state index is 10.9. The summed E-state index contributed by atoms with van der Waals surface area (Å²) in [4.78, 5) is 23.0. The van der Waals surface area contributed by atoms with Crippen molar-refractivity contribution in [2.45, 2.75) is 13.3 Å². The van der Waals surface area contributed by atoms with E-state index in [1.165, 1.54) is 4.90 Å². The van der Waals surface area contributed by atoms with Gasteiger partial charge in [0.15, 0.2) is 0 Å². The molecule has 11 heavy (non-hydrogen) atoms. The van der Waals surface area contributed by atoms with Crippen LogP contribution in [-0.2, 0) is 9.59 Å². The first-order valence-electron chi connectivity index (χ1n) is 3.54. The molecule has 0 rings (SSSR count). The van der Waals surface area contributed by atoms with Gasteiger partial charge in [0, 0.05) is 20.5 Å². The first kappa shape index (κ1) is 9.94. The topological polar surface area (TPSA) is 49.4 Å². The number of hydrogen-bond donors (Lipinski definition) is 1. The molecule has 0 radical (unpaired) electrons. The van der Waals surface area contributed by atoms with Crippen molar-refractivity contribution in [3.05, 3.63) is 0 Å². The quantitative estimate of drug-likeness (QED) is 0.607. The Morgan fingerprint density at radius 1 is 1.36 bits per heavy atom. The second-order valence-corrected chi connectivity index (χ2v) is 2.42. The van der Waals surface area contributed by atoms with E-state index in [2.05, 4.69) is 5.32 Å². The number of hydrogen-bond acceptors (Lipinski definition) is 2. The van der Waals surface area contributed by atoms with Gasteiger partial charge in [-0.05, 0) is 0 Å². The van der Waals surface area contributed by atoms with Gasteiger partial charge in [-0.1, -0.05) is 6.92 Å². The largest absolute Gasteiger partial charge is 0.347 e. The molecule has 4 nitrogen and oxygen atoms in total. The fraction of sp³-hybridized carbons (Fsp3) is 0.714. The number of nitrogens with one attached hydrogen (secondary N) is 1. The van der Waals surface area contributed by atoms with Gasteiger partial charge in [0.2, 0.25) is 11.8 Å². The molecule has 0 atom stereocenters. The highest BCUT2D eigenvalue weighted by Gasteiger charge is 2.04. The van der Waals surface area contributed by atoms with Crippen molar-refractivity contribution in [1.82, 2.24) is 10.2 Å². The van der Waals surface area contributed by atoms with Crippen LogP contribution in [0.3, 0.4) is 0 Å². The number of carbonyl (C=O) groups is 2. The third kappa shape index (κ3) is 4.36. The van der Waals surface area contributed by atoms with Gasteiger partial charge in [0.05, 0.1) is 6.54 Å². The lowest BCUT2D eigenvalue weighted by atomic mass is 10.4. The van der Waals surface area contributed by atoms with Crippen LogP contribution in [0.4, 0.5) is 0 Å². The molecule has 0 aliphatic carbocycles. The molecule has 0 aliphatic heterocycles. The van der Waals surface area contributed by atoms with Crippen LogP contribution in [-0.4, -0.2) is 37.4 Å². The summed E-state index contributed by atoms with van der Waals surface area (Å²) in [6.45, 7) is 1.84. The van der Waals surface area contributed by atoms with E-state index in [0.717, 1.165) is 0 Å². The molecule has 0 aliphatic rings. The van der Waals surface area contributed by atoms with Crippen molar-refractivity contribution in [3.8, 4) is 0 Å². The van der Waals surface area contributed by atoms with Gasteiger partial charge in [-0.15, -0.1) is 0 Å². The Kier molecular flexibility index (Phi) is 4.26. The van der Waals surface area contributed by atoms with Crippen LogP contribution in [0.1, 0.15) is 13.3 Å². The van der Waals surface area contributed by atoms with Crippen molar-refractivity contribution in [1.29, 1.82) is 0 Å². The van der Waals surface area contributed by atoms with E-state index in [-0.39, 0.29) is 18.4 Å². The van der Waals surface area contributed by atoms with E-state index in [1.807, 2.05) is 0 Å². The summed E-state index contributed by atoms with van der Waals surface area (Å²) in [5.41, 5.74) is 0. The maximum Gasteiger partial charge on any atom is 0.241 e. The molecule has 0 bridgehead atoms. The summed E-state index contributed by atoms with van der Waals surface area (Å²) in [7, 11) is 3.31. The number of nitrogens with zero attached hydrogens (tertiary/aromatic N) is 1. The van der Waals surface area contributed by atoms with Gasteiger partial charge >= 0.3 is 0 Å². The minimum atomic E-state index is -0.0970. The zero-order chi connectivity index (χ0) is 8.85. The number of likely N-dealkylation sites (N-methyl/N-ethyl adjacent to an activating group) is 1. The fourth-order valence-corrected chi connectivity index (χ4v) is 0.457. The Morgan fingerprint density at radius 2 is 1.91 bits per heavy atom. The summed E-state index contributed by atoms with van der Waals surface area (Å²) in [5.74, 6) is -0.188. The number of carbonyl (C=O) groups excluding carboxylic acids is 2. The Bertz CT molecular complexity index is 155. The van der Waals surface area contributed by atoms with Crippen LogP contribution in [0, 0.1) is 0 Å². The van der Waals surface area contributed by atoms with Crippen LogP contribution < -0.4 is 5.32 Å². The Balaban J connectivity index is 3.54. The van der Waals surface area contributed by atoms with Crippen molar-refractivity contribution in [2.75, 3.05) is 20.6 Å². The van der Waals surface area contributed by atoms with E-state index in [1.54, 1.807) is 21.0 Å². The van der Waals surface area contributed by atoms with Crippen LogP contribution in [0.25, 0.3) is 0 Å². The highest BCUT2D eigenvalue weighted by Crippen LogP contribution is 1.78. The molecule has 0 fully saturated rings. The van der Waals surface area contributed by atoms with Crippen molar-refractivity contribution >= 4 is 11.8 Å². The first-order valence-corrected chi connectivity index (χ1v) is 3.54. The minimum absolute atomic E-state index is 0.0909. The molecule has 0 heterocycles. The molecular formula is C7H14N2O2. The molecule has 2 amide bonds. The molecule has 0 saturated heterocycles. The molecular weight excluding hydrogens is 144 g/mol. The number of amides is 2. The lowest BCUT2D eigenvalue weighted by molar-refractivity contribution is -0.130. The van der Waals surface area contributed by atoms with Crippen molar-refractivity contribution < 1.29 is 9.59 Å². The number of rotatable bonds is 3. The predicted octanol–water partition coefficient (Wildman–Crippen LogP) is -0.399. The monoisotopic (exact) mass is 158 g/mol. The summed E-state index contributed by atoms with van der Waals surface area (Å²) in [6, 6.07) is 0. The summed E-state index contributed by atoms with van der Waals surface area (Å²) >= 11 is 0. The average Bonchev–Trinajstić information content (AvgIpc) is 1.99. The minimum Gasteiger partial charge on any atom is -0.347 e. The van der Waals surface area contributed by atoms with E-state index in [9.17, 15) is 9.59 Å². The lowest BCUT2D eigenvalue weighted by Crippen LogP contribution is -2.35. The second-order valence-electron chi connectivity index (χ2n) is 2.42. The fourth-order valence-electron chi connectivity index (χ4n) is 0.457. The Morgan fingerprint density at radius 3 is 2.27 bits per heavy atom. The van der Waals surface area contributed by atoms with Gasteiger partial charge in [0.25, 0.3) is 0 Å². The van der Waals surface area contributed by atoms with E-state index >= 15 is 0 Å². The van der Waals surface area contributed by atoms with Gasteiger partial charge in [0.1, 0.15) is 0 Å². The van der Waals surface area contributed by atoms with Crippen molar-refractivity contribution in [2.24, 2.45) is 0 Å². The van der Waals surface area contributed by atoms with Crippen LogP contribution in [0.5, 0.6) is 0 Å². The molecule has 4 heteroatoms. The van der Waals surface area contributed by atoms with Crippen LogP contribution in [0.2, 0.25) is 0 Å². The second kappa shape index (κ2) is 4.71. The first-order chi connectivity index (χ1) is 5.07. The molecule has 0 spiro atoms. The third-order valence-corrected chi connectivity index (χ3v) is 1.26. The maximum atomic E-state index is 10.9. The zero-order valence-electron chi connectivity index (χ0n) is 7.18. The summed E-state index contributed by atoms with van der Waals surface area (Å²) in [5, 5.41) is 2.48. The van der Waals surface area contributed by atoms with E-state index in [0.29, 0.717) is 6.42 Å². The van der Waals surface area contributed by atoms with Gasteiger partial charge in [-0.2, -0.15) is 0 Å². The molecule has 0 aromatic carbocycles. The smallest absolute Gasteiger partial charge is 0.241 e. The van der Waals surface area contributed by atoms with Gasteiger partial charge in [-0.3, -0.25) is 9.59 Å². The molecule has 0 aromatic rings. The standard InChI is InChI=1S/C7H14N2O2/c1-4-6(10)8-5-7(11)9(2)3/h4-5H2,1-3H3,(H,8,10). The lowest BCUT2D eigenvalue weighted by Gasteiger charge is -2.09. The SMILES string of the molecule is CCC(=O)NCC(=O)N(C)C. The molecule has 1 N–H and O–H groups in total. The summed E-state index contributed by atoms with van der Waals surface area (Å²) in [6.07, 6.45) is 0.417. The molecule has 0 aromatic heterocycles. The average molecular weight is 158 g/mol.